The average molecular weight is 388 g/mol. The van der Waals surface area contributed by atoms with E-state index in [0.29, 0.717) is 0 Å². The standard InChI is InChI=1S/C17H12N2O7S/c1-27(24,25)13-5-2-11(3-6-13)18-16(20)15-9-10-8-12(19(22)23)4-7-14(10)17(21)26-15/h2-9H,1H3,(H,18,20). The maximum atomic E-state index is 12.3. The predicted octanol–water partition coefficient (Wildman–Crippen LogP) is 2.36. The number of amides is 1. The number of nitrogens with one attached hydrogen (secondary N) is 1. The molecule has 0 aliphatic carbocycles. The third kappa shape index (κ3) is 3.85. The van der Waals surface area contributed by atoms with Gasteiger partial charge in [-0.3, -0.25) is 14.9 Å². The summed E-state index contributed by atoms with van der Waals surface area (Å²) in [5, 5.41) is 13.6. The number of anilines is 1. The number of carbonyl (C=O) groups excluding carboxylic acids is 1. The van der Waals surface area contributed by atoms with Crippen molar-refractivity contribution in [3.05, 3.63) is 74.8 Å². The third-order valence-electron chi connectivity index (χ3n) is 3.72. The number of rotatable bonds is 4. The molecule has 0 fully saturated rings. The molecule has 1 amide bonds. The molecule has 1 aromatic heterocycles. The molecule has 1 heterocycles. The van der Waals surface area contributed by atoms with Crippen molar-refractivity contribution >= 4 is 37.9 Å². The zero-order valence-electron chi connectivity index (χ0n) is 13.8. The Balaban J connectivity index is 1.93. The minimum absolute atomic E-state index is 0.0880. The van der Waals surface area contributed by atoms with Crippen molar-refractivity contribution in [1.82, 2.24) is 0 Å². The van der Waals surface area contributed by atoms with Crippen molar-refractivity contribution in [2.24, 2.45) is 0 Å². The lowest BCUT2D eigenvalue weighted by atomic mass is 10.1. The van der Waals surface area contributed by atoms with Gasteiger partial charge < -0.3 is 9.73 Å². The number of hydrogen-bond acceptors (Lipinski definition) is 7. The van der Waals surface area contributed by atoms with E-state index in [1.165, 1.54) is 48.5 Å². The highest BCUT2D eigenvalue weighted by Crippen LogP contribution is 2.20. The number of non-ortho nitro benzene ring substituents is 1. The van der Waals surface area contributed by atoms with Gasteiger partial charge in [-0.1, -0.05) is 0 Å². The van der Waals surface area contributed by atoms with Crippen LogP contribution in [-0.4, -0.2) is 25.5 Å². The van der Waals surface area contributed by atoms with Crippen molar-refractivity contribution in [3.8, 4) is 0 Å². The van der Waals surface area contributed by atoms with Crippen molar-refractivity contribution in [3.63, 3.8) is 0 Å². The molecule has 0 aliphatic rings. The van der Waals surface area contributed by atoms with Crippen molar-refractivity contribution in [2.45, 2.75) is 4.90 Å². The van der Waals surface area contributed by atoms with Crippen LogP contribution in [0.1, 0.15) is 10.6 Å². The molecule has 0 atom stereocenters. The summed E-state index contributed by atoms with van der Waals surface area (Å²) in [5.74, 6) is -1.09. The summed E-state index contributed by atoms with van der Waals surface area (Å²) in [6.45, 7) is 0. The van der Waals surface area contributed by atoms with Gasteiger partial charge in [0.25, 0.3) is 11.6 Å². The van der Waals surface area contributed by atoms with Crippen LogP contribution in [0.4, 0.5) is 11.4 Å². The summed E-state index contributed by atoms with van der Waals surface area (Å²) in [6, 6.07) is 10.2. The molecular weight excluding hydrogens is 376 g/mol. The van der Waals surface area contributed by atoms with E-state index in [9.17, 15) is 28.1 Å². The summed E-state index contributed by atoms with van der Waals surface area (Å²) in [7, 11) is -3.37. The molecule has 0 saturated carbocycles. The second-order valence-corrected chi connectivity index (χ2v) is 7.69. The molecule has 0 spiro atoms. The number of nitro benzene ring substituents is 1. The summed E-state index contributed by atoms with van der Waals surface area (Å²) >= 11 is 0. The van der Waals surface area contributed by atoms with Crippen LogP contribution >= 0.6 is 0 Å². The molecule has 3 aromatic rings. The second-order valence-electron chi connectivity index (χ2n) is 5.68. The highest BCUT2D eigenvalue weighted by molar-refractivity contribution is 7.90. The van der Waals surface area contributed by atoms with Crippen LogP contribution in [0.25, 0.3) is 10.8 Å². The van der Waals surface area contributed by atoms with Crippen LogP contribution in [0.15, 0.2) is 62.6 Å². The molecule has 138 valence electrons. The molecule has 0 bridgehead atoms. The largest absolute Gasteiger partial charge is 0.417 e. The summed E-state index contributed by atoms with van der Waals surface area (Å²) < 4.78 is 27.8. The number of hydrogen-bond donors (Lipinski definition) is 1. The Morgan fingerprint density at radius 1 is 1.11 bits per heavy atom. The van der Waals surface area contributed by atoms with E-state index in [0.717, 1.165) is 6.26 Å². The third-order valence-corrected chi connectivity index (χ3v) is 4.85. The van der Waals surface area contributed by atoms with Gasteiger partial charge in [0, 0.05) is 24.1 Å². The van der Waals surface area contributed by atoms with Gasteiger partial charge in [0.2, 0.25) is 0 Å². The van der Waals surface area contributed by atoms with Crippen LogP contribution in [-0.2, 0) is 9.84 Å². The van der Waals surface area contributed by atoms with Gasteiger partial charge in [0.15, 0.2) is 15.6 Å². The normalized spacial score (nSPS) is 11.3. The van der Waals surface area contributed by atoms with Crippen LogP contribution in [0.3, 0.4) is 0 Å². The Hall–Kier alpha value is -3.53. The number of fused-ring (bicyclic) bond motifs is 1. The minimum atomic E-state index is -3.37. The fourth-order valence-corrected chi connectivity index (χ4v) is 3.02. The first-order chi connectivity index (χ1) is 12.6. The van der Waals surface area contributed by atoms with E-state index in [2.05, 4.69) is 5.32 Å². The van der Waals surface area contributed by atoms with Gasteiger partial charge >= 0.3 is 5.63 Å². The molecule has 10 heteroatoms. The Labute approximate surface area is 152 Å². The van der Waals surface area contributed by atoms with Crippen LogP contribution < -0.4 is 10.9 Å². The summed E-state index contributed by atoms with van der Waals surface area (Å²) in [5.41, 5.74) is -0.745. The van der Waals surface area contributed by atoms with Crippen molar-refractivity contribution in [2.75, 3.05) is 11.6 Å². The molecule has 0 saturated heterocycles. The molecule has 0 radical (unpaired) electrons. The van der Waals surface area contributed by atoms with E-state index in [1.54, 1.807) is 0 Å². The zero-order chi connectivity index (χ0) is 19.8. The fraction of sp³-hybridized carbons (Fsp3) is 0.0588. The lowest BCUT2D eigenvalue weighted by Gasteiger charge is -2.06. The zero-order valence-corrected chi connectivity index (χ0v) is 14.6. The Morgan fingerprint density at radius 2 is 1.78 bits per heavy atom. The molecule has 0 unspecified atom stereocenters. The monoisotopic (exact) mass is 388 g/mol. The van der Waals surface area contributed by atoms with Gasteiger partial charge in [0.1, 0.15) is 0 Å². The van der Waals surface area contributed by atoms with Gasteiger partial charge in [0.05, 0.1) is 15.2 Å². The lowest BCUT2D eigenvalue weighted by molar-refractivity contribution is -0.384. The molecule has 9 nitrogen and oxygen atoms in total. The van der Waals surface area contributed by atoms with Gasteiger partial charge in [-0.05, 0) is 41.8 Å². The van der Waals surface area contributed by atoms with Crippen LogP contribution in [0.5, 0.6) is 0 Å². The molecule has 1 N–H and O–H groups in total. The summed E-state index contributed by atoms with van der Waals surface area (Å²) in [6.07, 6.45) is 1.06. The number of sulfone groups is 1. The first-order valence-corrected chi connectivity index (χ1v) is 9.38. The number of benzene rings is 2. The summed E-state index contributed by atoms with van der Waals surface area (Å²) in [4.78, 5) is 34.7. The first kappa shape index (κ1) is 18.3. The van der Waals surface area contributed by atoms with E-state index in [1.807, 2.05) is 0 Å². The van der Waals surface area contributed by atoms with Gasteiger partial charge in [-0.15, -0.1) is 0 Å². The second kappa shape index (κ2) is 6.65. The van der Waals surface area contributed by atoms with E-state index >= 15 is 0 Å². The average Bonchev–Trinajstić information content (AvgIpc) is 2.60. The quantitative estimate of drug-likeness (QED) is 0.535. The maximum Gasteiger partial charge on any atom is 0.344 e. The Kier molecular flexibility index (Phi) is 4.50. The highest BCUT2D eigenvalue weighted by atomic mass is 32.2. The van der Waals surface area contributed by atoms with Crippen molar-refractivity contribution in [1.29, 1.82) is 0 Å². The number of carbonyl (C=O) groups is 1. The highest BCUT2D eigenvalue weighted by Gasteiger charge is 2.15. The number of nitro groups is 1. The SMILES string of the molecule is CS(=O)(=O)c1ccc(NC(=O)c2cc3cc([N+](=O)[O-])ccc3c(=O)o2)cc1. The Bertz CT molecular complexity index is 1230. The molecular formula is C17H12N2O7S. The predicted molar refractivity (Wildman–Crippen MR) is 96.6 cm³/mol. The number of nitrogens with zero attached hydrogens (tertiary/aromatic N) is 1. The first-order valence-electron chi connectivity index (χ1n) is 7.49. The van der Waals surface area contributed by atoms with E-state index in [4.69, 9.17) is 4.42 Å². The topological polar surface area (TPSA) is 137 Å². The fourth-order valence-electron chi connectivity index (χ4n) is 2.38. The van der Waals surface area contributed by atoms with Crippen LogP contribution in [0, 0.1) is 10.1 Å². The smallest absolute Gasteiger partial charge is 0.344 e. The molecule has 0 aliphatic heterocycles. The maximum absolute atomic E-state index is 12.3. The van der Waals surface area contributed by atoms with Gasteiger partial charge in [-0.2, -0.15) is 0 Å². The van der Waals surface area contributed by atoms with Crippen molar-refractivity contribution < 1.29 is 22.6 Å². The molecule has 27 heavy (non-hydrogen) atoms. The van der Waals surface area contributed by atoms with E-state index < -0.39 is 26.3 Å². The van der Waals surface area contributed by atoms with Crippen LogP contribution in [0.2, 0.25) is 0 Å². The van der Waals surface area contributed by atoms with Gasteiger partial charge in [-0.25, -0.2) is 13.2 Å². The lowest BCUT2D eigenvalue weighted by Crippen LogP contribution is -2.15. The Morgan fingerprint density at radius 3 is 2.37 bits per heavy atom. The molecule has 3 rings (SSSR count). The van der Waals surface area contributed by atoms with E-state index in [-0.39, 0.29) is 32.8 Å². The minimum Gasteiger partial charge on any atom is -0.417 e. The molecule has 2 aromatic carbocycles.